The number of nitrogens with zero attached hydrogens (tertiary/aromatic N) is 2. The Hall–Kier alpha value is -1.30. The molecule has 0 aromatic carbocycles. The van der Waals surface area contributed by atoms with Crippen LogP contribution >= 0.6 is 0 Å². The molecule has 0 radical (unpaired) electrons. The fourth-order valence-corrected chi connectivity index (χ4v) is 2.56. The number of likely N-dealkylation sites (tertiary alicyclic amines) is 1. The van der Waals surface area contributed by atoms with E-state index in [1.807, 2.05) is 16.7 Å². The third-order valence-corrected chi connectivity index (χ3v) is 4.09. The summed E-state index contributed by atoms with van der Waals surface area (Å²) in [6.45, 7) is 8.51. The van der Waals surface area contributed by atoms with Crippen molar-refractivity contribution in [3.05, 3.63) is 0 Å². The van der Waals surface area contributed by atoms with Gasteiger partial charge in [0.1, 0.15) is 0 Å². The number of carboxylic acids is 1. The van der Waals surface area contributed by atoms with Gasteiger partial charge in [-0.3, -0.25) is 4.79 Å². The van der Waals surface area contributed by atoms with Gasteiger partial charge in [0.05, 0.1) is 19.1 Å². The van der Waals surface area contributed by atoms with E-state index in [1.165, 1.54) is 0 Å². The van der Waals surface area contributed by atoms with Crippen molar-refractivity contribution in [2.75, 3.05) is 26.2 Å². The summed E-state index contributed by atoms with van der Waals surface area (Å²) in [7, 11) is 0. The minimum atomic E-state index is -0.838. The van der Waals surface area contributed by atoms with Crippen LogP contribution in [0.1, 0.15) is 46.5 Å². The first-order valence-corrected chi connectivity index (χ1v) is 7.88. The number of urea groups is 1. The Labute approximate surface area is 127 Å². The quantitative estimate of drug-likeness (QED) is 0.782. The first-order chi connectivity index (χ1) is 9.99. The Balaban J connectivity index is 2.37. The van der Waals surface area contributed by atoms with Crippen LogP contribution in [0.5, 0.6) is 0 Å². The van der Waals surface area contributed by atoms with Crippen molar-refractivity contribution in [1.82, 2.24) is 9.80 Å². The zero-order chi connectivity index (χ0) is 15.8. The monoisotopic (exact) mass is 300 g/mol. The van der Waals surface area contributed by atoms with Gasteiger partial charge < -0.3 is 19.6 Å². The van der Waals surface area contributed by atoms with Gasteiger partial charge >= 0.3 is 12.0 Å². The van der Waals surface area contributed by atoms with E-state index in [-0.39, 0.29) is 31.2 Å². The van der Waals surface area contributed by atoms with E-state index in [0.29, 0.717) is 13.1 Å². The molecule has 1 aliphatic rings. The molecule has 1 atom stereocenters. The maximum atomic E-state index is 12.5. The summed E-state index contributed by atoms with van der Waals surface area (Å²) in [5.41, 5.74) is 0. The molecule has 2 amide bonds. The SMILES string of the molecule is CCC(C)N(CC)C(=O)N1CCC(OCCC(=O)O)CC1. The lowest BCUT2D eigenvalue weighted by Crippen LogP contribution is -2.50. The number of piperidine rings is 1. The van der Waals surface area contributed by atoms with Crippen molar-refractivity contribution < 1.29 is 19.4 Å². The van der Waals surface area contributed by atoms with Crippen LogP contribution in [0.2, 0.25) is 0 Å². The minimum absolute atomic E-state index is 0.0385. The zero-order valence-corrected chi connectivity index (χ0v) is 13.4. The first kappa shape index (κ1) is 17.8. The van der Waals surface area contributed by atoms with Gasteiger partial charge in [-0.25, -0.2) is 4.79 Å². The third kappa shape index (κ3) is 5.53. The van der Waals surface area contributed by atoms with Crippen molar-refractivity contribution in [2.45, 2.75) is 58.6 Å². The van der Waals surface area contributed by atoms with E-state index in [0.717, 1.165) is 25.8 Å². The highest BCUT2D eigenvalue weighted by atomic mass is 16.5. The molecule has 1 unspecified atom stereocenters. The largest absolute Gasteiger partial charge is 0.481 e. The van der Waals surface area contributed by atoms with Crippen LogP contribution in [0.15, 0.2) is 0 Å². The van der Waals surface area contributed by atoms with E-state index in [4.69, 9.17) is 9.84 Å². The predicted octanol–water partition coefficient (Wildman–Crippen LogP) is 2.18. The second kappa shape index (κ2) is 8.87. The van der Waals surface area contributed by atoms with Gasteiger partial charge in [0.25, 0.3) is 0 Å². The maximum Gasteiger partial charge on any atom is 0.320 e. The fraction of sp³-hybridized carbons (Fsp3) is 0.867. The third-order valence-electron chi connectivity index (χ3n) is 4.09. The molecule has 1 aliphatic heterocycles. The number of carbonyl (C=O) groups excluding carboxylic acids is 1. The smallest absolute Gasteiger partial charge is 0.320 e. The summed E-state index contributed by atoms with van der Waals surface area (Å²) < 4.78 is 5.54. The van der Waals surface area contributed by atoms with Crippen molar-refractivity contribution in [3.63, 3.8) is 0 Å². The van der Waals surface area contributed by atoms with E-state index in [1.54, 1.807) is 0 Å². The van der Waals surface area contributed by atoms with Gasteiger partial charge in [-0.1, -0.05) is 6.92 Å². The van der Waals surface area contributed by atoms with Gasteiger partial charge in [-0.05, 0) is 33.1 Å². The molecule has 122 valence electrons. The summed E-state index contributed by atoms with van der Waals surface area (Å²) >= 11 is 0. The second-order valence-corrected chi connectivity index (χ2v) is 5.53. The number of aliphatic carboxylic acids is 1. The Kier molecular flexibility index (Phi) is 7.50. The molecule has 1 saturated heterocycles. The van der Waals surface area contributed by atoms with E-state index >= 15 is 0 Å². The Bertz CT molecular complexity index is 341. The standard InChI is InChI=1S/C15H28N2O4/c1-4-12(3)17(5-2)15(20)16-9-6-13(7-10-16)21-11-8-14(18)19/h12-13H,4-11H2,1-3H3,(H,18,19). The number of amides is 2. The molecule has 0 aliphatic carbocycles. The van der Waals surface area contributed by atoms with Crippen molar-refractivity contribution >= 4 is 12.0 Å². The molecule has 21 heavy (non-hydrogen) atoms. The molecule has 0 aromatic rings. The number of hydrogen-bond donors (Lipinski definition) is 1. The number of rotatable bonds is 7. The highest BCUT2D eigenvalue weighted by Gasteiger charge is 2.27. The zero-order valence-electron chi connectivity index (χ0n) is 13.4. The van der Waals surface area contributed by atoms with Crippen molar-refractivity contribution in [1.29, 1.82) is 0 Å². The number of carboxylic acid groups (broad SMARTS) is 1. The number of hydrogen-bond acceptors (Lipinski definition) is 3. The molecule has 1 heterocycles. The Morgan fingerprint density at radius 2 is 1.95 bits per heavy atom. The van der Waals surface area contributed by atoms with Crippen LogP contribution in [0, 0.1) is 0 Å². The molecule has 1 rings (SSSR count). The maximum absolute atomic E-state index is 12.5. The predicted molar refractivity (Wildman–Crippen MR) is 80.3 cm³/mol. The van der Waals surface area contributed by atoms with E-state index in [2.05, 4.69) is 13.8 Å². The van der Waals surface area contributed by atoms with Crippen LogP contribution in [0.25, 0.3) is 0 Å². The second-order valence-electron chi connectivity index (χ2n) is 5.53. The topological polar surface area (TPSA) is 70.1 Å². The lowest BCUT2D eigenvalue weighted by molar-refractivity contribution is -0.138. The van der Waals surface area contributed by atoms with Crippen LogP contribution in [0.4, 0.5) is 4.79 Å². The van der Waals surface area contributed by atoms with Crippen LogP contribution < -0.4 is 0 Å². The van der Waals surface area contributed by atoms with E-state index in [9.17, 15) is 9.59 Å². The molecular formula is C15H28N2O4. The van der Waals surface area contributed by atoms with Crippen molar-refractivity contribution in [2.24, 2.45) is 0 Å². The average molecular weight is 300 g/mol. The summed E-state index contributed by atoms with van der Waals surface area (Å²) in [5, 5.41) is 8.58. The summed E-state index contributed by atoms with van der Waals surface area (Å²) in [6, 6.07) is 0.364. The van der Waals surface area contributed by atoms with Crippen LogP contribution in [-0.2, 0) is 9.53 Å². The van der Waals surface area contributed by atoms with Gasteiger partial charge in [0.2, 0.25) is 0 Å². The molecule has 0 bridgehead atoms. The van der Waals surface area contributed by atoms with E-state index < -0.39 is 5.97 Å². The molecular weight excluding hydrogens is 272 g/mol. The lowest BCUT2D eigenvalue weighted by atomic mass is 10.1. The summed E-state index contributed by atoms with van der Waals surface area (Å²) in [6.07, 6.45) is 2.63. The van der Waals surface area contributed by atoms with Crippen molar-refractivity contribution in [3.8, 4) is 0 Å². The normalized spacial score (nSPS) is 17.6. The molecule has 0 saturated carbocycles. The number of carbonyl (C=O) groups is 2. The number of ether oxygens (including phenoxy) is 1. The molecule has 6 heteroatoms. The Morgan fingerprint density at radius 3 is 2.43 bits per heavy atom. The van der Waals surface area contributed by atoms with Gasteiger partial charge in [0.15, 0.2) is 0 Å². The summed E-state index contributed by atoms with van der Waals surface area (Å²) in [4.78, 5) is 26.7. The van der Waals surface area contributed by atoms with Gasteiger partial charge in [-0.15, -0.1) is 0 Å². The molecule has 0 aromatic heterocycles. The average Bonchev–Trinajstić information content (AvgIpc) is 2.48. The van der Waals surface area contributed by atoms with Gasteiger partial charge in [-0.2, -0.15) is 0 Å². The summed E-state index contributed by atoms with van der Waals surface area (Å²) in [5.74, 6) is -0.838. The Morgan fingerprint density at radius 1 is 1.33 bits per heavy atom. The minimum Gasteiger partial charge on any atom is -0.481 e. The first-order valence-electron chi connectivity index (χ1n) is 7.88. The van der Waals surface area contributed by atoms with Gasteiger partial charge in [0, 0.05) is 25.7 Å². The fourth-order valence-electron chi connectivity index (χ4n) is 2.56. The molecule has 1 N–H and O–H groups in total. The molecule has 6 nitrogen and oxygen atoms in total. The molecule has 1 fully saturated rings. The highest BCUT2D eigenvalue weighted by Crippen LogP contribution is 2.17. The molecule has 0 spiro atoms. The van der Waals surface area contributed by atoms with Crippen LogP contribution in [0.3, 0.4) is 0 Å². The van der Waals surface area contributed by atoms with Crippen LogP contribution in [-0.4, -0.2) is 65.3 Å². The highest BCUT2D eigenvalue weighted by molar-refractivity contribution is 5.74. The lowest BCUT2D eigenvalue weighted by Gasteiger charge is -2.37.